The van der Waals surface area contributed by atoms with Gasteiger partial charge in [0.1, 0.15) is 0 Å². The van der Waals surface area contributed by atoms with Crippen molar-refractivity contribution in [2.45, 2.75) is 20.4 Å². The van der Waals surface area contributed by atoms with Gasteiger partial charge in [0.25, 0.3) is 0 Å². The zero-order chi connectivity index (χ0) is 12.1. The van der Waals surface area contributed by atoms with Crippen LogP contribution in [0.3, 0.4) is 0 Å². The van der Waals surface area contributed by atoms with Gasteiger partial charge in [0.2, 0.25) is 5.91 Å². The summed E-state index contributed by atoms with van der Waals surface area (Å²) in [5.74, 6) is 0.103. The number of rotatable bonds is 4. The van der Waals surface area contributed by atoms with Crippen molar-refractivity contribution in [1.82, 2.24) is 10.2 Å². The first-order valence-corrected chi connectivity index (χ1v) is 5.48. The molecular weight excluding hydrogens is 200 g/mol. The van der Waals surface area contributed by atoms with E-state index in [2.05, 4.69) is 37.4 Å². The monoisotopic (exact) mass is 220 g/mol. The highest BCUT2D eigenvalue weighted by Crippen LogP contribution is 2.12. The molecule has 0 aliphatic heterocycles. The molecule has 0 aliphatic carbocycles. The van der Waals surface area contributed by atoms with E-state index in [1.54, 1.807) is 19.0 Å². The van der Waals surface area contributed by atoms with Crippen LogP contribution in [0.2, 0.25) is 0 Å². The molecule has 3 nitrogen and oxygen atoms in total. The summed E-state index contributed by atoms with van der Waals surface area (Å²) in [7, 11) is 3.53. The third kappa shape index (κ3) is 3.35. The minimum atomic E-state index is 0.103. The van der Waals surface area contributed by atoms with Crippen LogP contribution in [0.1, 0.15) is 16.7 Å². The van der Waals surface area contributed by atoms with Gasteiger partial charge in [-0.25, -0.2) is 0 Å². The Labute approximate surface area is 97.5 Å². The third-order valence-corrected chi connectivity index (χ3v) is 2.72. The lowest BCUT2D eigenvalue weighted by molar-refractivity contribution is -0.127. The van der Waals surface area contributed by atoms with Crippen molar-refractivity contribution < 1.29 is 4.79 Å². The maximum absolute atomic E-state index is 11.4. The molecule has 3 heteroatoms. The number of hydrogen-bond acceptors (Lipinski definition) is 2. The zero-order valence-corrected chi connectivity index (χ0v) is 10.5. The van der Waals surface area contributed by atoms with E-state index in [1.165, 1.54) is 16.7 Å². The highest BCUT2D eigenvalue weighted by atomic mass is 16.2. The number of benzene rings is 1. The van der Waals surface area contributed by atoms with E-state index >= 15 is 0 Å². The Balaban J connectivity index is 2.52. The van der Waals surface area contributed by atoms with Gasteiger partial charge in [0, 0.05) is 20.6 Å². The van der Waals surface area contributed by atoms with Crippen LogP contribution in [0.5, 0.6) is 0 Å². The summed E-state index contributed by atoms with van der Waals surface area (Å²) in [4.78, 5) is 13.0. The summed E-state index contributed by atoms with van der Waals surface area (Å²) in [6.45, 7) is 5.33. The van der Waals surface area contributed by atoms with Gasteiger partial charge in [-0.3, -0.25) is 4.79 Å². The molecule has 0 saturated heterocycles. The summed E-state index contributed by atoms with van der Waals surface area (Å²) < 4.78 is 0. The van der Waals surface area contributed by atoms with Crippen LogP contribution < -0.4 is 5.32 Å². The second-order valence-corrected chi connectivity index (χ2v) is 4.26. The average Bonchev–Trinajstić information content (AvgIpc) is 2.22. The van der Waals surface area contributed by atoms with E-state index in [0.717, 1.165) is 6.54 Å². The van der Waals surface area contributed by atoms with Gasteiger partial charge in [-0.2, -0.15) is 0 Å². The smallest absolute Gasteiger partial charge is 0.236 e. The molecule has 16 heavy (non-hydrogen) atoms. The average molecular weight is 220 g/mol. The minimum absolute atomic E-state index is 0.103. The second-order valence-electron chi connectivity index (χ2n) is 4.26. The Morgan fingerprint density at radius 1 is 1.25 bits per heavy atom. The zero-order valence-electron chi connectivity index (χ0n) is 10.5. The van der Waals surface area contributed by atoms with Gasteiger partial charge in [0.05, 0.1) is 6.54 Å². The molecule has 0 unspecified atom stereocenters. The molecule has 0 saturated carbocycles. The summed E-state index contributed by atoms with van der Waals surface area (Å²) in [6, 6.07) is 6.24. The number of aryl methyl sites for hydroxylation is 2. The molecule has 0 heterocycles. The van der Waals surface area contributed by atoms with Gasteiger partial charge in [-0.05, 0) is 30.5 Å². The third-order valence-electron chi connectivity index (χ3n) is 2.72. The summed E-state index contributed by atoms with van der Waals surface area (Å²) in [6.07, 6.45) is 0. The van der Waals surface area contributed by atoms with E-state index in [4.69, 9.17) is 0 Å². The van der Waals surface area contributed by atoms with E-state index in [0.29, 0.717) is 6.54 Å². The van der Waals surface area contributed by atoms with Crippen LogP contribution in [0, 0.1) is 13.8 Å². The maximum atomic E-state index is 11.4. The van der Waals surface area contributed by atoms with Crippen molar-refractivity contribution in [2.75, 3.05) is 20.6 Å². The minimum Gasteiger partial charge on any atom is -0.348 e. The van der Waals surface area contributed by atoms with Gasteiger partial charge < -0.3 is 10.2 Å². The SMILES string of the molecule is Cc1cccc(C)c1CNCC(=O)N(C)C. The molecule has 0 atom stereocenters. The molecule has 0 aromatic heterocycles. The summed E-state index contributed by atoms with van der Waals surface area (Å²) in [5.41, 5.74) is 3.82. The largest absolute Gasteiger partial charge is 0.348 e. The summed E-state index contributed by atoms with van der Waals surface area (Å²) >= 11 is 0. The number of amides is 1. The molecule has 1 aromatic rings. The van der Waals surface area contributed by atoms with E-state index in [1.807, 2.05) is 0 Å². The topological polar surface area (TPSA) is 32.3 Å². The molecule has 0 fully saturated rings. The van der Waals surface area contributed by atoms with E-state index in [9.17, 15) is 4.79 Å². The lowest BCUT2D eigenvalue weighted by Crippen LogP contribution is -2.32. The number of nitrogens with one attached hydrogen (secondary N) is 1. The fraction of sp³-hybridized carbons (Fsp3) is 0.462. The lowest BCUT2D eigenvalue weighted by atomic mass is 10.0. The molecule has 1 rings (SSSR count). The molecule has 0 aliphatic rings. The van der Waals surface area contributed by atoms with Crippen LogP contribution in [-0.2, 0) is 11.3 Å². The van der Waals surface area contributed by atoms with E-state index < -0.39 is 0 Å². The lowest BCUT2D eigenvalue weighted by Gasteiger charge is -2.13. The highest BCUT2D eigenvalue weighted by molar-refractivity contribution is 5.77. The van der Waals surface area contributed by atoms with Gasteiger partial charge in [0.15, 0.2) is 0 Å². The van der Waals surface area contributed by atoms with Crippen molar-refractivity contribution in [3.8, 4) is 0 Å². The number of hydrogen-bond donors (Lipinski definition) is 1. The molecule has 1 N–H and O–H groups in total. The molecule has 1 aromatic carbocycles. The Kier molecular flexibility index (Phi) is 4.50. The summed E-state index contributed by atoms with van der Waals surface area (Å²) in [5, 5.41) is 3.17. The van der Waals surface area contributed by atoms with Crippen molar-refractivity contribution in [3.63, 3.8) is 0 Å². The van der Waals surface area contributed by atoms with Crippen LogP contribution in [0.25, 0.3) is 0 Å². The number of carbonyl (C=O) groups is 1. The number of nitrogens with zero attached hydrogens (tertiary/aromatic N) is 1. The van der Waals surface area contributed by atoms with Crippen molar-refractivity contribution in [3.05, 3.63) is 34.9 Å². The first-order chi connectivity index (χ1) is 7.52. The van der Waals surface area contributed by atoms with Gasteiger partial charge in [-0.1, -0.05) is 18.2 Å². The molecular formula is C13H20N2O. The van der Waals surface area contributed by atoms with Crippen molar-refractivity contribution >= 4 is 5.91 Å². The fourth-order valence-electron chi connectivity index (χ4n) is 1.58. The Morgan fingerprint density at radius 2 is 1.81 bits per heavy atom. The molecule has 0 spiro atoms. The second kappa shape index (κ2) is 5.66. The van der Waals surface area contributed by atoms with Gasteiger partial charge >= 0.3 is 0 Å². The quantitative estimate of drug-likeness (QED) is 0.833. The maximum Gasteiger partial charge on any atom is 0.236 e. The molecule has 88 valence electrons. The molecule has 1 amide bonds. The molecule has 0 radical (unpaired) electrons. The first-order valence-electron chi connectivity index (χ1n) is 5.48. The fourth-order valence-corrected chi connectivity index (χ4v) is 1.58. The van der Waals surface area contributed by atoms with Gasteiger partial charge in [-0.15, -0.1) is 0 Å². The Morgan fingerprint density at radius 3 is 2.31 bits per heavy atom. The predicted molar refractivity (Wildman–Crippen MR) is 66.3 cm³/mol. The predicted octanol–water partition coefficient (Wildman–Crippen LogP) is 1.48. The Bertz CT molecular complexity index is 352. The van der Waals surface area contributed by atoms with Crippen LogP contribution >= 0.6 is 0 Å². The van der Waals surface area contributed by atoms with Crippen LogP contribution in [-0.4, -0.2) is 31.4 Å². The van der Waals surface area contributed by atoms with Crippen molar-refractivity contribution in [1.29, 1.82) is 0 Å². The first kappa shape index (κ1) is 12.7. The standard InChI is InChI=1S/C13H20N2O/c1-10-6-5-7-11(2)12(10)8-14-9-13(16)15(3)4/h5-7,14H,8-9H2,1-4H3. The van der Waals surface area contributed by atoms with Crippen LogP contribution in [0.15, 0.2) is 18.2 Å². The number of carbonyl (C=O) groups excluding carboxylic acids is 1. The Hall–Kier alpha value is -1.35. The van der Waals surface area contributed by atoms with Crippen LogP contribution in [0.4, 0.5) is 0 Å². The number of likely N-dealkylation sites (N-methyl/N-ethyl adjacent to an activating group) is 1. The van der Waals surface area contributed by atoms with E-state index in [-0.39, 0.29) is 5.91 Å². The van der Waals surface area contributed by atoms with Crippen molar-refractivity contribution in [2.24, 2.45) is 0 Å². The highest BCUT2D eigenvalue weighted by Gasteiger charge is 2.05. The normalized spacial score (nSPS) is 10.2. The molecule has 0 bridgehead atoms.